The van der Waals surface area contributed by atoms with Crippen LogP contribution in [0, 0.1) is 5.41 Å². The smallest absolute Gasteiger partial charge is 0.197 e. The van der Waals surface area contributed by atoms with Crippen molar-refractivity contribution in [2.24, 2.45) is 5.73 Å². The Morgan fingerprint density at radius 2 is 2.35 bits per heavy atom. The van der Waals surface area contributed by atoms with Crippen LogP contribution in [-0.4, -0.2) is 28.8 Å². The summed E-state index contributed by atoms with van der Waals surface area (Å²) >= 11 is 0. The summed E-state index contributed by atoms with van der Waals surface area (Å²) < 4.78 is 5.83. The standard InChI is InChI=1S/C12H18N4O/c13-11(14)4-6-16-5-3-9-10(7-16)17-12(15-9)8-1-2-8/h8H,1-7H2,(H3,13,14). The minimum atomic E-state index is 0.257. The zero-order valence-corrected chi connectivity index (χ0v) is 9.91. The number of hydrogen-bond donors (Lipinski definition) is 2. The minimum Gasteiger partial charge on any atom is -0.444 e. The fourth-order valence-corrected chi connectivity index (χ4v) is 2.24. The summed E-state index contributed by atoms with van der Waals surface area (Å²) in [6.07, 6.45) is 4.06. The first-order valence-electron chi connectivity index (χ1n) is 6.26. The number of oxazole rings is 1. The fourth-order valence-electron chi connectivity index (χ4n) is 2.24. The second-order valence-corrected chi connectivity index (χ2v) is 5.00. The quantitative estimate of drug-likeness (QED) is 0.606. The van der Waals surface area contributed by atoms with E-state index in [1.54, 1.807) is 0 Å². The Morgan fingerprint density at radius 3 is 3.06 bits per heavy atom. The van der Waals surface area contributed by atoms with Crippen molar-refractivity contribution in [3.8, 4) is 0 Å². The largest absolute Gasteiger partial charge is 0.444 e. The molecule has 0 unspecified atom stereocenters. The van der Waals surface area contributed by atoms with Crippen LogP contribution in [0.1, 0.15) is 42.5 Å². The van der Waals surface area contributed by atoms with Gasteiger partial charge in [-0.05, 0) is 12.8 Å². The molecule has 3 N–H and O–H groups in total. The highest BCUT2D eigenvalue weighted by Crippen LogP contribution is 2.40. The van der Waals surface area contributed by atoms with Crippen LogP contribution in [0.2, 0.25) is 0 Å². The molecule has 5 heteroatoms. The Morgan fingerprint density at radius 1 is 1.53 bits per heavy atom. The summed E-state index contributed by atoms with van der Waals surface area (Å²) in [5.41, 5.74) is 6.52. The molecule has 0 amide bonds. The van der Waals surface area contributed by atoms with E-state index in [9.17, 15) is 0 Å². The van der Waals surface area contributed by atoms with E-state index in [-0.39, 0.29) is 5.84 Å². The molecule has 1 saturated carbocycles. The van der Waals surface area contributed by atoms with Crippen molar-refractivity contribution >= 4 is 5.84 Å². The third kappa shape index (κ3) is 2.34. The first-order valence-corrected chi connectivity index (χ1v) is 6.26. The molecule has 2 heterocycles. The maximum atomic E-state index is 7.24. The Kier molecular flexibility index (Phi) is 2.63. The van der Waals surface area contributed by atoms with Gasteiger partial charge in [0.15, 0.2) is 5.89 Å². The van der Waals surface area contributed by atoms with Gasteiger partial charge in [0, 0.05) is 31.8 Å². The molecule has 3 rings (SSSR count). The normalized spacial score (nSPS) is 20.2. The van der Waals surface area contributed by atoms with E-state index in [1.807, 2.05) is 0 Å². The maximum absolute atomic E-state index is 7.24. The third-order valence-electron chi connectivity index (χ3n) is 3.45. The second-order valence-electron chi connectivity index (χ2n) is 5.00. The lowest BCUT2D eigenvalue weighted by Crippen LogP contribution is -2.32. The predicted molar refractivity (Wildman–Crippen MR) is 64.0 cm³/mol. The summed E-state index contributed by atoms with van der Waals surface area (Å²) in [6, 6.07) is 0. The molecule has 0 spiro atoms. The highest BCUT2D eigenvalue weighted by Gasteiger charge is 2.31. The van der Waals surface area contributed by atoms with Crippen molar-refractivity contribution in [2.45, 2.75) is 38.1 Å². The van der Waals surface area contributed by atoms with Crippen molar-refractivity contribution in [1.29, 1.82) is 5.41 Å². The molecular formula is C12H18N4O. The van der Waals surface area contributed by atoms with Gasteiger partial charge in [0.05, 0.1) is 18.1 Å². The van der Waals surface area contributed by atoms with E-state index in [0.717, 1.165) is 43.4 Å². The molecule has 0 aromatic carbocycles. The lowest BCUT2D eigenvalue weighted by Gasteiger charge is -2.24. The molecule has 1 aliphatic carbocycles. The molecule has 1 aromatic rings. The summed E-state index contributed by atoms with van der Waals surface area (Å²) in [7, 11) is 0. The van der Waals surface area contributed by atoms with Crippen LogP contribution in [0.3, 0.4) is 0 Å². The van der Waals surface area contributed by atoms with Crippen LogP contribution < -0.4 is 5.73 Å². The summed E-state index contributed by atoms with van der Waals surface area (Å²) in [5, 5.41) is 7.24. The number of amidine groups is 1. The van der Waals surface area contributed by atoms with Gasteiger partial charge >= 0.3 is 0 Å². The van der Waals surface area contributed by atoms with Gasteiger partial charge < -0.3 is 10.2 Å². The Balaban J connectivity index is 1.65. The molecule has 17 heavy (non-hydrogen) atoms. The number of nitrogens with zero attached hydrogens (tertiary/aromatic N) is 2. The van der Waals surface area contributed by atoms with Gasteiger partial charge in [0.25, 0.3) is 0 Å². The van der Waals surface area contributed by atoms with E-state index in [1.165, 1.54) is 12.8 Å². The van der Waals surface area contributed by atoms with Crippen LogP contribution >= 0.6 is 0 Å². The van der Waals surface area contributed by atoms with Crippen molar-refractivity contribution in [1.82, 2.24) is 9.88 Å². The summed E-state index contributed by atoms with van der Waals surface area (Å²) in [4.78, 5) is 6.87. The van der Waals surface area contributed by atoms with Gasteiger partial charge in [-0.3, -0.25) is 10.3 Å². The second kappa shape index (κ2) is 4.14. The lowest BCUT2D eigenvalue weighted by molar-refractivity contribution is 0.232. The highest BCUT2D eigenvalue weighted by molar-refractivity contribution is 5.76. The van der Waals surface area contributed by atoms with Crippen molar-refractivity contribution in [3.05, 3.63) is 17.3 Å². The van der Waals surface area contributed by atoms with E-state index in [0.29, 0.717) is 12.3 Å². The summed E-state index contributed by atoms with van der Waals surface area (Å²) in [5.74, 6) is 2.82. The van der Waals surface area contributed by atoms with Gasteiger partial charge in [0.2, 0.25) is 0 Å². The minimum absolute atomic E-state index is 0.257. The number of fused-ring (bicyclic) bond motifs is 1. The molecule has 1 aliphatic heterocycles. The number of hydrogen-bond acceptors (Lipinski definition) is 4. The molecule has 92 valence electrons. The first-order chi connectivity index (χ1) is 8.22. The Hall–Kier alpha value is -1.36. The molecule has 2 aliphatic rings. The van der Waals surface area contributed by atoms with Gasteiger partial charge in [-0.2, -0.15) is 0 Å². The Labute approximate surface area is 101 Å². The topological polar surface area (TPSA) is 79.1 Å². The van der Waals surface area contributed by atoms with E-state index >= 15 is 0 Å². The molecule has 0 saturated heterocycles. The van der Waals surface area contributed by atoms with Crippen LogP contribution in [0.25, 0.3) is 0 Å². The number of nitrogens with one attached hydrogen (secondary N) is 1. The lowest BCUT2D eigenvalue weighted by atomic mass is 10.1. The fraction of sp³-hybridized carbons (Fsp3) is 0.667. The molecular weight excluding hydrogens is 216 g/mol. The van der Waals surface area contributed by atoms with Gasteiger partial charge in [-0.15, -0.1) is 0 Å². The molecule has 0 atom stereocenters. The van der Waals surface area contributed by atoms with E-state index in [2.05, 4.69) is 9.88 Å². The average molecular weight is 234 g/mol. The SMILES string of the molecule is N=C(N)CCN1CCc2nc(C3CC3)oc2C1. The maximum Gasteiger partial charge on any atom is 0.197 e. The molecule has 1 aromatic heterocycles. The van der Waals surface area contributed by atoms with Crippen LogP contribution in [0.5, 0.6) is 0 Å². The zero-order chi connectivity index (χ0) is 11.8. The van der Waals surface area contributed by atoms with Crippen molar-refractivity contribution in [3.63, 3.8) is 0 Å². The summed E-state index contributed by atoms with van der Waals surface area (Å²) in [6.45, 7) is 2.66. The first kappa shape index (κ1) is 10.8. The van der Waals surface area contributed by atoms with Gasteiger partial charge in [0.1, 0.15) is 5.76 Å². The molecule has 0 radical (unpaired) electrons. The van der Waals surface area contributed by atoms with Gasteiger partial charge in [-0.1, -0.05) is 0 Å². The van der Waals surface area contributed by atoms with Crippen molar-refractivity contribution in [2.75, 3.05) is 13.1 Å². The predicted octanol–water partition coefficient (Wildman–Crippen LogP) is 1.24. The van der Waals surface area contributed by atoms with E-state index in [4.69, 9.17) is 15.6 Å². The monoisotopic (exact) mass is 234 g/mol. The van der Waals surface area contributed by atoms with Crippen LogP contribution in [0.4, 0.5) is 0 Å². The van der Waals surface area contributed by atoms with E-state index < -0.39 is 0 Å². The number of nitrogens with two attached hydrogens (primary N) is 1. The van der Waals surface area contributed by atoms with Crippen LogP contribution in [0.15, 0.2) is 4.42 Å². The Bertz CT molecular complexity index is 436. The molecule has 0 bridgehead atoms. The van der Waals surface area contributed by atoms with Crippen molar-refractivity contribution < 1.29 is 4.42 Å². The highest BCUT2D eigenvalue weighted by atomic mass is 16.4. The van der Waals surface area contributed by atoms with Gasteiger partial charge in [-0.25, -0.2) is 4.98 Å². The van der Waals surface area contributed by atoms with Crippen LogP contribution in [-0.2, 0) is 13.0 Å². The average Bonchev–Trinajstić information content (AvgIpc) is 3.06. The number of aromatic nitrogens is 1. The molecule has 1 fully saturated rings. The third-order valence-corrected chi connectivity index (χ3v) is 3.45. The number of rotatable bonds is 4. The molecule has 5 nitrogen and oxygen atoms in total. The zero-order valence-electron chi connectivity index (χ0n) is 9.91.